The molecular formula is C17H9Cl2F3N2O. The Balaban J connectivity index is 2.12. The van der Waals surface area contributed by atoms with Crippen molar-refractivity contribution < 1.29 is 18.0 Å². The molecule has 3 nitrogen and oxygen atoms in total. The first kappa shape index (κ1) is 17.5. The van der Waals surface area contributed by atoms with Crippen molar-refractivity contribution in [2.75, 3.05) is 5.01 Å². The van der Waals surface area contributed by atoms with E-state index < -0.39 is 23.4 Å². The lowest BCUT2D eigenvalue weighted by Crippen LogP contribution is -2.25. The number of hydrogen-bond acceptors (Lipinski definition) is 2. The molecule has 25 heavy (non-hydrogen) atoms. The Morgan fingerprint density at radius 1 is 1.00 bits per heavy atom. The van der Waals surface area contributed by atoms with Crippen LogP contribution < -0.4 is 5.01 Å². The van der Waals surface area contributed by atoms with Gasteiger partial charge in [-0.05, 0) is 29.8 Å². The molecule has 3 rings (SSSR count). The van der Waals surface area contributed by atoms with Gasteiger partial charge >= 0.3 is 6.18 Å². The molecule has 0 aromatic heterocycles. The van der Waals surface area contributed by atoms with Crippen molar-refractivity contribution in [3.05, 3.63) is 69.7 Å². The molecule has 2 aromatic rings. The molecule has 1 heterocycles. The van der Waals surface area contributed by atoms with Crippen LogP contribution in [-0.4, -0.2) is 17.8 Å². The van der Waals surface area contributed by atoms with Gasteiger partial charge in [-0.1, -0.05) is 53.5 Å². The van der Waals surface area contributed by atoms with Gasteiger partial charge in [-0.15, -0.1) is 0 Å². The lowest BCUT2D eigenvalue weighted by molar-refractivity contribution is -0.114. The number of rotatable bonds is 2. The van der Waals surface area contributed by atoms with E-state index in [1.165, 1.54) is 30.3 Å². The molecule has 8 heteroatoms. The molecule has 1 aliphatic rings. The smallest absolute Gasteiger partial charge is 0.267 e. The molecule has 0 bridgehead atoms. The standard InChI is InChI=1S/C17H9Cl2F3N2O/c18-13-8-4-5-10(14(13)19)9-12-15(17(20,21)22)23-24(16(12)25)11-6-2-1-3-7-11/h1-9H/b12-9-. The van der Waals surface area contributed by atoms with Crippen molar-refractivity contribution in [2.24, 2.45) is 5.10 Å². The number of halogens is 5. The van der Waals surface area contributed by atoms with Crippen LogP contribution in [0.25, 0.3) is 6.08 Å². The van der Waals surface area contributed by atoms with E-state index in [2.05, 4.69) is 5.10 Å². The molecule has 1 aliphatic heterocycles. The normalized spacial score (nSPS) is 16.5. The van der Waals surface area contributed by atoms with Crippen molar-refractivity contribution in [3.63, 3.8) is 0 Å². The van der Waals surface area contributed by atoms with Crippen LogP contribution in [-0.2, 0) is 4.79 Å². The van der Waals surface area contributed by atoms with E-state index in [1.54, 1.807) is 18.2 Å². The van der Waals surface area contributed by atoms with Gasteiger partial charge in [0.25, 0.3) is 5.91 Å². The highest BCUT2D eigenvalue weighted by molar-refractivity contribution is 6.43. The molecule has 0 unspecified atom stereocenters. The number of alkyl halides is 3. The maximum atomic E-state index is 13.3. The van der Waals surface area contributed by atoms with E-state index in [4.69, 9.17) is 23.2 Å². The first-order chi connectivity index (χ1) is 11.8. The zero-order valence-corrected chi connectivity index (χ0v) is 13.9. The largest absolute Gasteiger partial charge is 0.435 e. The minimum atomic E-state index is -4.80. The van der Waals surface area contributed by atoms with Gasteiger partial charge in [0.2, 0.25) is 0 Å². The van der Waals surface area contributed by atoms with Crippen LogP contribution in [0.5, 0.6) is 0 Å². The van der Waals surface area contributed by atoms with Gasteiger partial charge in [-0.2, -0.15) is 23.3 Å². The third-order valence-electron chi connectivity index (χ3n) is 3.43. The molecule has 1 amide bonds. The van der Waals surface area contributed by atoms with E-state index in [-0.39, 0.29) is 21.3 Å². The molecule has 0 radical (unpaired) electrons. The minimum Gasteiger partial charge on any atom is -0.267 e. The average molecular weight is 385 g/mol. The monoisotopic (exact) mass is 384 g/mol. The summed E-state index contributed by atoms with van der Waals surface area (Å²) in [5.41, 5.74) is -1.45. The van der Waals surface area contributed by atoms with E-state index in [0.717, 1.165) is 6.08 Å². The summed E-state index contributed by atoms with van der Waals surface area (Å²) in [4.78, 5) is 12.5. The van der Waals surface area contributed by atoms with Crippen molar-refractivity contribution in [1.29, 1.82) is 0 Å². The summed E-state index contributed by atoms with van der Waals surface area (Å²) >= 11 is 11.9. The molecular weight excluding hydrogens is 376 g/mol. The molecule has 0 atom stereocenters. The number of carbonyl (C=O) groups is 1. The fraction of sp³-hybridized carbons (Fsp3) is 0.0588. The number of carbonyl (C=O) groups excluding carboxylic acids is 1. The number of nitrogens with zero attached hydrogens (tertiary/aromatic N) is 2. The van der Waals surface area contributed by atoms with Crippen molar-refractivity contribution >= 4 is 46.6 Å². The Hall–Kier alpha value is -2.31. The maximum Gasteiger partial charge on any atom is 0.435 e. The third kappa shape index (κ3) is 3.41. The SMILES string of the molecule is O=C1/C(=C\c2cccc(Cl)c2Cl)C(C(F)(F)F)=NN1c1ccccc1. The maximum absolute atomic E-state index is 13.3. The van der Waals surface area contributed by atoms with Gasteiger partial charge in [0.15, 0.2) is 5.71 Å². The molecule has 0 fully saturated rings. The fourth-order valence-electron chi connectivity index (χ4n) is 2.29. The summed E-state index contributed by atoms with van der Waals surface area (Å²) in [6.45, 7) is 0. The fourth-order valence-corrected chi connectivity index (χ4v) is 2.65. The Bertz CT molecular complexity index is 893. The summed E-state index contributed by atoms with van der Waals surface area (Å²) in [5, 5.41) is 4.42. The Morgan fingerprint density at radius 2 is 1.68 bits per heavy atom. The first-order valence-electron chi connectivity index (χ1n) is 7.00. The number of anilines is 1. The second kappa shape index (κ2) is 6.54. The lowest BCUT2D eigenvalue weighted by Gasteiger charge is -2.11. The van der Waals surface area contributed by atoms with Crippen molar-refractivity contribution in [3.8, 4) is 0 Å². The van der Waals surface area contributed by atoms with Gasteiger partial charge in [-0.25, -0.2) is 0 Å². The highest BCUT2D eigenvalue weighted by Crippen LogP contribution is 2.34. The van der Waals surface area contributed by atoms with E-state index >= 15 is 0 Å². The van der Waals surface area contributed by atoms with Gasteiger partial charge in [0, 0.05) is 0 Å². The molecule has 0 aliphatic carbocycles. The second-order valence-corrected chi connectivity index (χ2v) is 5.89. The lowest BCUT2D eigenvalue weighted by atomic mass is 10.1. The summed E-state index contributed by atoms with van der Waals surface area (Å²) < 4.78 is 40.0. The Morgan fingerprint density at radius 3 is 2.32 bits per heavy atom. The van der Waals surface area contributed by atoms with Crippen LogP contribution in [0.4, 0.5) is 18.9 Å². The van der Waals surface area contributed by atoms with Crippen LogP contribution in [0, 0.1) is 0 Å². The highest BCUT2D eigenvalue weighted by Gasteiger charge is 2.46. The molecule has 128 valence electrons. The molecule has 0 saturated carbocycles. The van der Waals surface area contributed by atoms with E-state index in [1.807, 2.05) is 0 Å². The second-order valence-electron chi connectivity index (χ2n) is 5.10. The number of amides is 1. The predicted octanol–water partition coefficient (Wildman–Crippen LogP) is 5.34. The van der Waals surface area contributed by atoms with Gasteiger partial charge in [0.1, 0.15) is 0 Å². The summed E-state index contributed by atoms with van der Waals surface area (Å²) in [6.07, 6.45) is -3.75. The average Bonchev–Trinajstić information content (AvgIpc) is 2.90. The third-order valence-corrected chi connectivity index (χ3v) is 4.26. The number of hydrogen-bond donors (Lipinski definition) is 0. The number of benzene rings is 2. The predicted molar refractivity (Wildman–Crippen MR) is 91.9 cm³/mol. The number of para-hydroxylation sites is 1. The Labute approximate surface area is 151 Å². The first-order valence-corrected chi connectivity index (χ1v) is 7.76. The van der Waals surface area contributed by atoms with Crippen LogP contribution >= 0.6 is 23.2 Å². The van der Waals surface area contributed by atoms with Gasteiger partial charge in [0.05, 0.1) is 21.3 Å². The summed E-state index contributed by atoms with van der Waals surface area (Å²) in [6, 6.07) is 12.3. The van der Waals surface area contributed by atoms with Crippen molar-refractivity contribution in [2.45, 2.75) is 6.18 Å². The van der Waals surface area contributed by atoms with Crippen LogP contribution in [0.3, 0.4) is 0 Å². The molecule has 0 N–H and O–H groups in total. The molecule has 0 spiro atoms. The van der Waals surface area contributed by atoms with Gasteiger partial charge in [-0.3, -0.25) is 4.79 Å². The molecule has 0 saturated heterocycles. The number of hydrazone groups is 1. The summed E-state index contributed by atoms with van der Waals surface area (Å²) in [5.74, 6) is -0.894. The zero-order valence-electron chi connectivity index (χ0n) is 12.4. The summed E-state index contributed by atoms with van der Waals surface area (Å²) in [7, 11) is 0. The van der Waals surface area contributed by atoms with E-state index in [0.29, 0.717) is 5.01 Å². The quantitative estimate of drug-likeness (QED) is 0.643. The van der Waals surface area contributed by atoms with Crippen molar-refractivity contribution in [1.82, 2.24) is 0 Å². The topological polar surface area (TPSA) is 32.7 Å². The van der Waals surface area contributed by atoms with E-state index in [9.17, 15) is 18.0 Å². The minimum absolute atomic E-state index is 0.0594. The Kier molecular flexibility index (Phi) is 4.58. The zero-order chi connectivity index (χ0) is 18.2. The van der Waals surface area contributed by atoms with Crippen LogP contribution in [0.2, 0.25) is 10.0 Å². The molecule has 2 aromatic carbocycles. The van der Waals surface area contributed by atoms with Crippen LogP contribution in [0.1, 0.15) is 5.56 Å². The van der Waals surface area contributed by atoms with Gasteiger partial charge < -0.3 is 0 Å². The highest BCUT2D eigenvalue weighted by atomic mass is 35.5. The van der Waals surface area contributed by atoms with Crippen LogP contribution in [0.15, 0.2) is 59.2 Å².